The molecule has 2 nitrogen and oxygen atoms in total. The van der Waals surface area contributed by atoms with Crippen LogP contribution in [0.2, 0.25) is 0 Å². The predicted molar refractivity (Wildman–Crippen MR) is 55.0 cm³/mol. The van der Waals surface area contributed by atoms with Crippen LogP contribution in [0.25, 0.3) is 0 Å². The second-order valence-electron chi connectivity index (χ2n) is 2.55. The van der Waals surface area contributed by atoms with Crippen molar-refractivity contribution in [3.63, 3.8) is 0 Å². The van der Waals surface area contributed by atoms with Crippen LogP contribution in [0, 0.1) is 5.82 Å². The van der Waals surface area contributed by atoms with E-state index in [0.717, 1.165) is 0 Å². The smallest absolute Gasteiger partial charge is 0.340 e. The molecule has 0 amide bonds. The average molecular weight is 282 g/mol. The monoisotopic (exact) mass is 280 g/mol. The summed E-state index contributed by atoms with van der Waals surface area (Å²) >= 11 is 8.74. The molecule has 0 saturated heterocycles. The Balaban J connectivity index is 3.24. The Morgan fingerprint density at radius 3 is 2.79 bits per heavy atom. The van der Waals surface area contributed by atoms with E-state index in [2.05, 4.69) is 20.7 Å². The number of methoxy groups -OCH3 is 1. The van der Waals surface area contributed by atoms with Crippen LogP contribution in [0.3, 0.4) is 0 Å². The highest BCUT2D eigenvalue weighted by molar-refractivity contribution is 9.10. The highest BCUT2D eigenvalue weighted by atomic mass is 79.9. The van der Waals surface area contributed by atoms with Gasteiger partial charge < -0.3 is 4.74 Å². The Hall–Kier alpha value is -0.610. The number of esters is 1. The van der Waals surface area contributed by atoms with E-state index in [1.54, 1.807) is 0 Å². The van der Waals surface area contributed by atoms with Crippen molar-refractivity contribution in [2.45, 2.75) is 5.88 Å². The lowest BCUT2D eigenvalue weighted by Gasteiger charge is -2.05. The fourth-order valence-electron chi connectivity index (χ4n) is 0.963. The quantitative estimate of drug-likeness (QED) is 0.615. The third kappa shape index (κ3) is 2.25. The van der Waals surface area contributed by atoms with Crippen molar-refractivity contribution in [1.29, 1.82) is 0 Å². The Morgan fingerprint density at radius 1 is 1.64 bits per heavy atom. The van der Waals surface area contributed by atoms with Gasteiger partial charge >= 0.3 is 5.97 Å². The molecule has 0 saturated carbocycles. The molecule has 5 heteroatoms. The van der Waals surface area contributed by atoms with E-state index in [-0.39, 0.29) is 11.4 Å². The first-order chi connectivity index (χ1) is 6.60. The van der Waals surface area contributed by atoms with E-state index in [1.165, 1.54) is 19.2 Å². The third-order valence-corrected chi connectivity index (χ3v) is 2.71. The van der Waals surface area contributed by atoms with Gasteiger partial charge in [-0.15, -0.1) is 11.6 Å². The molecular formula is C9H7BrClFO2. The number of hydrogen-bond acceptors (Lipinski definition) is 2. The van der Waals surface area contributed by atoms with Gasteiger partial charge in [0.25, 0.3) is 0 Å². The van der Waals surface area contributed by atoms with Gasteiger partial charge in [0.05, 0.1) is 12.7 Å². The molecule has 0 spiro atoms. The van der Waals surface area contributed by atoms with Crippen LogP contribution < -0.4 is 0 Å². The van der Waals surface area contributed by atoms with Crippen LogP contribution >= 0.6 is 27.5 Å². The van der Waals surface area contributed by atoms with E-state index in [4.69, 9.17) is 11.6 Å². The molecule has 1 rings (SSSR count). The zero-order valence-electron chi connectivity index (χ0n) is 7.31. The summed E-state index contributed by atoms with van der Waals surface area (Å²) in [6, 6.07) is 2.57. The van der Waals surface area contributed by atoms with Crippen LogP contribution in [-0.2, 0) is 10.6 Å². The molecule has 0 aromatic heterocycles. The summed E-state index contributed by atoms with van der Waals surface area (Å²) in [5.41, 5.74) is 0.541. The number of ether oxygens (including phenoxy) is 1. The van der Waals surface area contributed by atoms with Gasteiger partial charge in [0.2, 0.25) is 0 Å². The predicted octanol–water partition coefficient (Wildman–Crippen LogP) is 3.11. The Kier molecular flexibility index (Phi) is 3.89. The summed E-state index contributed by atoms with van der Waals surface area (Å²) in [5.74, 6) is -1.14. The van der Waals surface area contributed by atoms with Gasteiger partial charge in [-0.05, 0) is 17.7 Å². The fourth-order valence-corrected chi connectivity index (χ4v) is 1.80. The van der Waals surface area contributed by atoms with Gasteiger partial charge in [0, 0.05) is 10.4 Å². The largest absolute Gasteiger partial charge is 0.465 e. The van der Waals surface area contributed by atoms with Gasteiger partial charge in [-0.3, -0.25) is 0 Å². The van der Waals surface area contributed by atoms with Crippen molar-refractivity contribution in [3.8, 4) is 0 Å². The fraction of sp³-hybridized carbons (Fsp3) is 0.222. The van der Waals surface area contributed by atoms with Crippen molar-refractivity contribution in [2.75, 3.05) is 7.11 Å². The number of alkyl halides is 1. The summed E-state index contributed by atoms with van der Waals surface area (Å²) in [6.07, 6.45) is 0. The van der Waals surface area contributed by atoms with E-state index >= 15 is 0 Å². The number of carbonyl (C=O) groups excluding carboxylic acids is 1. The lowest BCUT2D eigenvalue weighted by atomic mass is 10.1. The van der Waals surface area contributed by atoms with Crippen molar-refractivity contribution in [1.82, 2.24) is 0 Å². The van der Waals surface area contributed by atoms with E-state index in [1.807, 2.05) is 0 Å². The number of rotatable bonds is 2. The summed E-state index contributed by atoms with van der Waals surface area (Å²) in [4.78, 5) is 11.1. The lowest BCUT2D eigenvalue weighted by Crippen LogP contribution is -2.05. The first-order valence-corrected chi connectivity index (χ1v) is 5.05. The van der Waals surface area contributed by atoms with Gasteiger partial charge in [-0.1, -0.05) is 15.9 Å². The Morgan fingerprint density at radius 2 is 2.29 bits per heavy atom. The minimum atomic E-state index is -0.707. The number of hydrogen-bond donors (Lipinski definition) is 0. The van der Waals surface area contributed by atoms with E-state index < -0.39 is 11.8 Å². The average Bonchev–Trinajstić information content (AvgIpc) is 2.17. The van der Waals surface area contributed by atoms with Crippen molar-refractivity contribution in [2.24, 2.45) is 0 Å². The first kappa shape index (κ1) is 11.5. The highest BCUT2D eigenvalue weighted by Gasteiger charge is 2.14. The van der Waals surface area contributed by atoms with E-state index in [9.17, 15) is 9.18 Å². The normalized spacial score (nSPS) is 10.0. The van der Waals surface area contributed by atoms with Crippen molar-refractivity contribution in [3.05, 3.63) is 33.5 Å². The van der Waals surface area contributed by atoms with Gasteiger partial charge in [0.1, 0.15) is 5.82 Å². The number of halogens is 3. The van der Waals surface area contributed by atoms with Crippen molar-refractivity contribution >= 4 is 33.5 Å². The van der Waals surface area contributed by atoms with Gasteiger partial charge in [0.15, 0.2) is 0 Å². The molecule has 0 bridgehead atoms. The second-order valence-corrected chi connectivity index (χ2v) is 3.67. The molecule has 0 heterocycles. The minimum Gasteiger partial charge on any atom is -0.465 e. The molecule has 1 aromatic carbocycles. The van der Waals surface area contributed by atoms with Crippen LogP contribution in [-0.4, -0.2) is 13.1 Å². The first-order valence-electron chi connectivity index (χ1n) is 3.72. The summed E-state index contributed by atoms with van der Waals surface area (Å²) in [5, 5.41) is 0. The molecule has 0 N–H and O–H groups in total. The van der Waals surface area contributed by atoms with Crippen LogP contribution in [0.1, 0.15) is 15.9 Å². The van der Waals surface area contributed by atoms with E-state index in [0.29, 0.717) is 10.0 Å². The van der Waals surface area contributed by atoms with Crippen LogP contribution in [0.5, 0.6) is 0 Å². The maximum Gasteiger partial charge on any atom is 0.340 e. The zero-order chi connectivity index (χ0) is 10.7. The molecule has 0 unspecified atom stereocenters. The minimum absolute atomic E-state index is 0.105. The van der Waals surface area contributed by atoms with Crippen LogP contribution in [0.15, 0.2) is 16.6 Å². The Labute approximate surface area is 94.1 Å². The third-order valence-electron chi connectivity index (χ3n) is 1.69. The molecule has 0 atom stereocenters. The van der Waals surface area contributed by atoms with Gasteiger partial charge in [-0.2, -0.15) is 0 Å². The van der Waals surface area contributed by atoms with Crippen molar-refractivity contribution < 1.29 is 13.9 Å². The van der Waals surface area contributed by atoms with Gasteiger partial charge in [-0.25, -0.2) is 9.18 Å². The molecule has 0 fully saturated rings. The molecule has 1 aromatic rings. The molecule has 0 aliphatic heterocycles. The lowest BCUT2D eigenvalue weighted by molar-refractivity contribution is 0.0595. The SMILES string of the molecule is COC(=O)c1cc(CCl)c(Br)cc1F. The topological polar surface area (TPSA) is 26.3 Å². The zero-order valence-corrected chi connectivity index (χ0v) is 9.65. The summed E-state index contributed by atoms with van der Waals surface area (Å²) in [7, 11) is 1.20. The standard InChI is InChI=1S/C9H7BrClFO2/c1-14-9(13)6-2-5(4-11)7(10)3-8(6)12/h2-3H,4H2,1H3. The second kappa shape index (κ2) is 4.75. The molecule has 0 aliphatic rings. The molecule has 0 aliphatic carbocycles. The number of carbonyl (C=O) groups is 1. The maximum atomic E-state index is 13.2. The molecule has 14 heavy (non-hydrogen) atoms. The van der Waals surface area contributed by atoms with Crippen LogP contribution in [0.4, 0.5) is 4.39 Å². The molecule has 76 valence electrons. The molecule has 0 radical (unpaired) electrons. The Bertz CT molecular complexity index is 368. The summed E-state index contributed by atoms with van der Waals surface area (Å²) in [6.45, 7) is 0. The summed E-state index contributed by atoms with van der Waals surface area (Å²) < 4.78 is 18.2. The highest BCUT2D eigenvalue weighted by Crippen LogP contribution is 2.23. The maximum absolute atomic E-state index is 13.2. The molecular weight excluding hydrogens is 274 g/mol. The number of benzene rings is 1.